The second-order valence-electron chi connectivity index (χ2n) is 5.09. The first-order valence-corrected chi connectivity index (χ1v) is 9.73. The number of carbonyl (C=O) groups is 1. The number of ether oxygens (including phenoxy) is 1. The lowest BCUT2D eigenvalue weighted by atomic mass is 9.90. The van der Waals surface area contributed by atoms with Gasteiger partial charge in [-0.05, 0) is 19.4 Å². The van der Waals surface area contributed by atoms with Crippen LogP contribution in [0.25, 0.3) is 0 Å². The molecule has 0 spiro atoms. The maximum atomic E-state index is 14.2. The summed E-state index contributed by atoms with van der Waals surface area (Å²) < 4.78 is 33.5. The lowest BCUT2D eigenvalue weighted by Crippen LogP contribution is -2.33. The fourth-order valence-electron chi connectivity index (χ4n) is 2.19. The van der Waals surface area contributed by atoms with Gasteiger partial charge in [-0.25, -0.2) is 23.2 Å². The zero-order chi connectivity index (χ0) is 18.3. The van der Waals surface area contributed by atoms with Crippen LogP contribution in [0.2, 0.25) is 0 Å². The highest BCUT2D eigenvalue weighted by atomic mass is 33.1. The summed E-state index contributed by atoms with van der Waals surface area (Å²) in [6.45, 7) is 1.93. The SMILES string of the molecule is CCOC(=O)SSCC[C@](O)(Cn1cncn1)c1ccc(F)cc1F. The van der Waals surface area contributed by atoms with Gasteiger partial charge in [0, 0.05) is 28.2 Å². The monoisotopic (exact) mass is 389 g/mol. The van der Waals surface area contributed by atoms with Gasteiger partial charge in [0.15, 0.2) is 0 Å². The number of carbonyl (C=O) groups excluding carboxylic acids is 1. The summed E-state index contributed by atoms with van der Waals surface area (Å²) >= 11 is 0. The molecule has 1 atom stereocenters. The first-order chi connectivity index (χ1) is 11.9. The third-order valence-electron chi connectivity index (χ3n) is 3.31. The van der Waals surface area contributed by atoms with Gasteiger partial charge in [-0.15, -0.1) is 0 Å². The average Bonchev–Trinajstić information content (AvgIpc) is 3.04. The summed E-state index contributed by atoms with van der Waals surface area (Å²) in [7, 11) is 2.09. The Balaban J connectivity index is 2.10. The normalized spacial score (nSPS) is 13.4. The average molecular weight is 389 g/mol. The third-order valence-corrected chi connectivity index (χ3v) is 5.32. The maximum absolute atomic E-state index is 14.2. The van der Waals surface area contributed by atoms with Crippen molar-refractivity contribution in [3.05, 3.63) is 48.1 Å². The molecule has 136 valence electrons. The molecule has 0 unspecified atom stereocenters. The maximum Gasteiger partial charge on any atom is 0.378 e. The van der Waals surface area contributed by atoms with E-state index in [9.17, 15) is 18.7 Å². The minimum absolute atomic E-state index is 0.0360. The van der Waals surface area contributed by atoms with Gasteiger partial charge in [-0.2, -0.15) is 5.10 Å². The van der Waals surface area contributed by atoms with Crippen LogP contribution in [0.15, 0.2) is 30.9 Å². The van der Waals surface area contributed by atoms with Crippen molar-refractivity contribution in [3.8, 4) is 0 Å². The van der Waals surface area contributed by atoms with Gasteiger partial charge in [-0.3, -0.25) is 0 Å². The van der Waals surface area contributed by atoms with Crippen molar-refractivity contribution in [1.29, 1.82) is 0 Å². The Labute approximate surface area is 151 Å². The van der Waals surface area contributed by atoms with Crippen molar-refractivity contribution in [3.63, 3.8) is 0 Å². The standard InChI is InChI=1S/C15H17F2N3O3S2/c1-2-23-14(21)25-24-6-5-15(22,8-20-10-18-9-19-20)12-4-3-11(16)7-13(12)17/h3-4,7,9-10,22H,2,5-6,8H2,1H3/t15-/m0/s1. The van der Waals surface area contributed by atoms with Crippen LogP contribution in [-0.2, 0) is 16.9 Å². The molecule has 25 heavy (non-hydrogen) atoms. The van der Waals surface area contributed by atoms with Crippen molar-refractivity contribution in [2.75, 3.05) is 12.4 Å². The van der Waals surface area contributed by atoms with Crippen LogP contribution in [0.4, 0.5) is 13.6 Å². The van der Waals surface area contributed by atoms with Crippen LogP contribution in [0.1, 0.15) is 18.9 Å². The molecule has 0 aliphatic rings. The van der Waals surface area contributed by atoms with E-state index in [2.05, 4.69) is 10.1 Å². The second-order valence-corrected chi connectivity index (χ2v) is 7.44. The van der Waals surface area contributed by atoms with Crippen molar-refractivity contribution in [1.82, 2.24) is 14.8 Å². The van der Waals surface area contributed by atoms with Gasteiger partial charge in [0.1, 0.15) is 29.9 Å². The van der Waals surface area contributed by atoms with E-state index in [0.717, 1.165) is 22.9 Å². The van der Waals surface area contributed by atoms with E-state index < -0.39 is 22.5 Å². The summed E-state index contributed by atoms with van der Waals surface area (Å²) in [4.78, 5) is 15.1. The number of hydrogen-bond donors (Lipinski definition) is 1. The highest BCUT2D eigenvalue weighted by molar-refractivity contribution is 8.82. The molecule has 1 N–H and O–H groups in total. The summed E-state index contributed by atoms with van der Waals surface area (Å²) in [5.74, 6) is -1.23. The number of hydrogen-bond acceptors (Lipinski definition) is 7. The molecule has 0 saturated carbocycles. The topological polar surface area (TPSA) is 77.2 Å². The zero-order valence-corrected chi connectivity index (χ0v) is 15.0. The van der Waals surface area contributed by atoms with Crippen LogP contribution >= 0.6 is 21.6 Å². The van der Waals surface area contributed by atoms with E-state index in [1.165, 1.54) is 34.2 Å². The van der Waals surface area contributed by atoms with E-state index in [0.29, 0.717) is 5.75 Å². The molecule has 0 saturated heterocycles. The number of benzene rings is 1. The summed E-state index contributed by atoms with van der Waals surface area (Å²) in [5, 5.41) is 14.5. The van der Waals surface area contributed by atoms with Crippen LogP contribution in [0.3, 0.4) is 0 Å². The van der Waals surface area contributed by atoms with Crippen molar-refractivity contribution >= 4 is 26.9 Å². The van der Waals surface area contributed by atoms with Crippen LogP contribution < -0.4 is 0 Å². The van der Waals surface area contributed by atoms with Crippen LogP contribution in [0, 0.1) is 11.6 Å². The zero-order valence-electron chi connectivity index (χ0n) is 13.4. The van der Waals surface area contributed by atoms with E-state index >= 15 is 0 Å². The van der Waals surface area contributed by atoms with E-state index in [-0.39, 0.29) is 25.1 Å². The fourth-order valence-corrected chi connectivity index (χ4v) is 3.89. The van der Waals surface area contributed by atoms with E-state index in [1.54, 1.807) is 6.92 Å². The Kier molecular flexibility index (Phi) is 7.21. The lowest BCUT2D eigenvalue weighted by Gasteiger charge is -2.28. The molecule has 1 aromatic heterocycles. The van der Waals surface area contributed by atoms with Crippen LogP contribution in [0.5, 0.6) is 0 Å². The molecule has 1 heterocycles. The van der Waals surface area contributed by atoms with E-state index in [4.69, 9.17) is 4.74 Å². The van der Waals surface area contributed by atoms with Gasteiger partial charge in [-0.1, -0.05) is 16.9 Å². The molecule has 0 amide bonds. The molecular weight excluding hydrogens is 372 g/mol. The van der Waals surface area contributed by atoms with Crippen LogP contribution in [-0.4, -0.2) is 37.5 Å². The molecule has 0 fully saturated rings. The third kappa shape index (κ3) is 5.68. The first-order valence-electron chi connectivity index (χ1n) is 7.41. The number of halogens is 2. The molecule has 2 rings (SSSR count). The smallest absolute Gasteiger partial charge is 0.378 e. The number of aromatic nitrogens is 3. The Hall–Kier alpha value is -1.65. The van der Waals surface area contributed by atoms with E-state index in [1.807, 2.05) is 0 Å². The fraction of sp³-hybridized carbons (Fsp3) is 0.400. The van der Waals surface area contributed by atoms with Gasteiger partial charge in [0.25, 0.3) is 0 Å². The van der Waals surface area contributed by atoms with Gasteiger partial charge in [0.05, 0.1) is 13.2 Å². The molecule has 2 aromatic rings. The van der Waals surface area contributed by atoms with Gasteiger partial charge < -0.3 is 9.84 Å². The highest BCUT2D eigenvalue weighted by Crippen LogP contribution is 2.34. The lowest BCUT2D eigenvalue weighted by molar-refractivity contribution is 0.00879. The molecule has 6 nitrogen and oxygen atoms in total. The van der Waals surface area contributed by atoms with Crippen molar-refractivity contribution < 1.29 is 23.4 Å². The minimum Gasteiger partial charge on any atom is -0.457 e. The predicted molar refractivity (Wildman–Crippen MR) is 92.0 cm³/mol. The van der Waals surface area contributed by atoms with Crippen molar-refractivity contribution in [2.45, 2.75) is 25.5 Å². The van der Waals surface area contributed by atoms with Crippen molar-refractivity contribution in [2.24, 2.45) is 0 Å². The first kappa shape index (κ1) is 19.7. The molecule has 0 bridgehead atoms. The van der Waals surface area contributed by atoms with Gasteiger partial charge in [0.2, 0.25) is 0 Å². The molecule has 0 aliphatic carbocycles. The summed E-state index contributed by atoms with van der Waals surface area (Å²) in [5.41, 5.74) is -1.67. The Morgan fingerprint density at radius 2 is 2.24 bits per heavy atom. The molecule has 1 aromatic carbocycles. The molecule has 10 heteroatoms. The predicted octanol–water partition coefficient (Wildman–Crippen LogP) is 3.37. The summed E-state index contributed by atoms with van der Waals surface area (Å²) in [6.07, 6.45) is 2.81. The molecule has 0 radical (unpaired) electrons. The second kappa shape index (κ2) is 9.16. The minimum atomic E-state index is -1.63. The molecular formula is C15H17F2N3O3S2. The molecule has 0 aliphatic heterocycles. The largest absolute Gasteiger partial charge is 0.457 e. The highest BCUT2D eigenvalue weighted by Gasteiger charge is 2.33. The quantitative estimate of drug-likeness (QED) is 0.421. The Morgan fingerprint density at radius 3 is 2.88 bits per heavy atom. The Morgan fingerprint density at radius 1 is 1.44 bits per heavy atom. The number of aliphatic hydroxyl groups is 1. The number of nitrogens with zero attached hydrogens (tertiary/aromatic N) is 3. The Bertz CT molecular complexity index is 703. The number of rotatable bonds is 8. The summed E-state index contributed by atoms with van der Waals surface area (Å²) in [6, 6.07) is 3.03. The van der Waals surface area contributed by atoms with Gasteiger partial charge >= 0.3 is 5.30 Å².